The van der Waals surface area contributed by atoms with Gasteiger partial charge in [-0.1, -0.05) is 28.1 Å². The van der Waals surface area contributed by atoms with Gasteiger partial charge in [-0.3, -0.25) is 0 Å². The van der Waals surface area contributed by atoms with E-state index in [1.165, 1.54) is 12.0 Å². The number of halogens is 1. The highest BCUT2D eigenvalue weighted by Crippen LogP contribution is 2.15. The monoisotopic (exact) mass is 320 g/mol. The summed E-state index contributed by atoms with van der Waals surface area (Å²) in [6.07, 6.45) is 4.09. The smallest absolute Gasteiger partial charge is 0.133 e. The van der Waals surface area contributed by atoms with Crippen LogP contribution in [-0.2, 0) is 13.0 Å². The lowest BCUT2D eigenvalue weighted by Gasteiger charge is -2.10. The van der Waals surface area contributed by atoms with E-state index >= 15 is 0 Å². The standard InChI is InChI=1S/C14H17BrN4/c15-13-3-1-11(2-4-13)9-19-10-17-18-14(19)7-12-5-6-16-8-12/h1-4,10,12,16H,5-9H2. The Bertz CT molecular complexity index is 529. The Morgan fingerprint density at radius 3 is 2.89 bits per heavy atom. The Morgan fingerprint density at radius 1 is 1.32 bits per heavy atom. The van der Waals surface area contributed by atoms with Gasteiger partial charge in [0.25, 0.3) is 0 Å². The zero-order valence-electron chi connectivity index (χ0n) is 10.7. The van der Waals surface area contributed by atoms with E-state index in [4.69, 9.17) is 0 Å². The second-order valence-corrected chi connectivity index (χ2v) is 5.98. The van der Waals surface area contributed by atoms with E-state index in [1.807, 2.05) is 6.33 Å². The maximum atomic E-state index is 4.27. The van der Waals surface area contributed by atoms with E-state index in [-0.39, 0.29) is 0 Å². The molecule has 1 saturated heterocycles. The third-order valence-corrected chi connectivity index (χ3v) is 4.12. The van der Waals surface area contributed by atoms with E-state index in [2.05, 4.69) is 60.3 Å². The number of nitrogens with one attached hydrogen (secondary N) is 1. The number of benzene rings is 1. The minimum absolute atomic E-state index is 0.702. The third kappa shape index (κ3) is 3.22. The molecule has 4 nitrogen and oxygen atoms in total. The highest BCUT2D eigenvalue weighted by atomic mass is 79.9. The van der Waals surface area contributed by atoms with Gasteiger partial charge >= 0.3 is 0 Å². The number of nitrogens with zero attached hydrogens (tertiary/aromatic N) is 3. The van der Waals surface area contributed by atoms with Crippen LogP contribution in [0.3, 0.4) is 0 Å². The van der Waals surface area contributed by atoms with E-state index in [0.717, 1.165) is 36.4 Å². The van der Waals surface area contributed by atoms with Crippen molar-refractivity contribution in [2.45, 2.75) is 19.4 Å². The molecule has 1 aromatic carbocycles. The zero-order chi connectivity index (χ0) is 13.1. The van der Waals surface area contributed by atoms with Gasteiger partial charge in [0.1, 0.15) is 12.2 Å². The van der Waals surface area contributed by atoms with E-state index in [1.54, 1.807) is 0 Å². The molecule has 5 heteroatoms. The molecule has 0 aliphatic carbocycles. The van der Waals surface area contributed by atoms with Crippen molar-refractivity contribution in [2.24, 2.45) is 5.92 Å². The minimum Gasteiger partial charge on any atom is -0.316 e. The molecule has 1 aliphatic heterocycles. The molecule has 1 unspecified atom stereocenters. The zero-order valence-corrected chi connectivity index (χ0v) is 12.3. The molecule has 0 bridgehead atoms. The van der Waals surface area contributed by atoms with Gasteiger partial charge in [-0.2, -0.15) is 0 Å². The molecule has 1 aliphatic rings. The Balaban J connectivity index is 1.70. The van der Waals surface area contributed by atoms with Crippen molar-refractivity contribution in [1.82, 2.24) is 20.1 Å². The largest absolute Gasteiger partial charge is 0.316 e. The molecular weight excluding hydrogens is 304 g/mol. The summed E-state index contributed by atoms with van der Waals surface area (Å²) < 4.78 is 3.26. The van der Waals surface area contributed by atoms with Gasteiger partial charge in [0, 0.05) is 10.9 Å². The van der Waals surface area contributed by atoms with Gasteiger partial charge in [-0.15, -0.1) is 10.2 Å². The average Bonchev–Trinajstić information content (AvgIpc) is 3.06. The fourth-order valence-electron chi connectivity index (χ4n) is 2.50. The number of hydrogen-bond acceptors (Lipinski definition) is 3. The van der Waals surface area contributed by atoms with Gasteiger partial charge in [0.05, 0.1) is 6.54 Å². The molecule has 1 atom stereocenters. The van der Waals surface area contributed by atoms with E-state index < -0.39 is 0 Å². The molecule has 100 valence electrons. The van der Waals surface area contributed by atoms with Crippen molar-refractivity contribution in [3.63, 3.8) is 0 Å². The van der Waals surface area contributed by atoms with Gasteiger partial charge in [0.15, 0.2) is 0 Å². The molecule has 0 saturated carbocycles. The predicted molar refractivity (Wildman–Crippen MR) is 77.9 cm³/mol. The highest BCUT2D eigenvalue weighted by molar-refractivity contribution is 9.10. The quantitative estimate of drug-likeness (QED) is 0.939. The lowest BCUT2D eigenvalue weighted by molar-refractivity contribution is 0.542. The normalized spacial score (nSPS) is 18.9. The second-order valence-electron chi connectivity index (χ2n) is 5.06. The fraction of sp³-hybridized carbons (Fsp3) is 0.429. The first-order valence-corrected chi connectivity index (χ1v) is 7.42. The van der Waals surface area contributed by atoms with Crippen molar-refractivity contribution in [3.8, 4) is 0 Å². The first kappa shape index (κ1) is 12.8. The lowest BCUT2D eigenvalue weighted by Crippen LogP contribution is -2.14. The average molecular weight is 321 g/mol. The van der Waals surface area contributed by atoms with Gasteiger partial charge in [-0.25, -0.2) is 0 Å². The number of hydrogen-bond donors (Lipinski definition) is 1. The van der Waals surface area contributed by atoms with E-state index in [0.29, 0.717) is 5.92 Å². The lowest BCUT2D eigenvalue weighted by atomic mass is 10.0. The van der Waals surface area contributed by atoms with Crippen LogP contribution in [0.2, 0.25) is 0 Å². The first-order valence-electron chi connectivity index (χ1n) is 6.63. The summed E-state index contributed by atoms with van der Waals surface area (Å²) in [6, 6.07) is 8.40. The fourth-order valence-corrected chi connectivity index (χ4v) is 2.77. The van der Waals surface area contributed by atoms with Crippen molar-refractivity contribution in [2.75, 3.05) is 13.1 Å². The topological polar surface area (TPSA) is 42.7 Å². The molecule has 0 spiro atoms. The SMILES string of the molecule is Brc1ccc(Cn2cnnc2CC2CCNC2)cc1. The third-order valence-electron chi connectivity index (χ3n) is 3.60. The van der Waals surface area contributed by atoms with E-state index in [9.17, 15) is 0 Å². The van der Waals surface area contributed by atoms with Crippen LogP contribution >= 0.6 is 15.9 Å². The summed E-state index contributed by atoms with van der Waals surface area (Å²) in [6.45, 7) is 3.08. The van der Waals surface area contributed by atoms with Crippen LogP contribution in [0.15, 0.2) is 35.1 Å². The maximum Gasteiger partial charge on any atom is 0.133 e. The van der Waals surface area contributed by atoms with Crippen LogP contribution in [-0.4, -0.2) is 27.9 Å². The molecule has 19 heavy (non-hydrogen) atoms. The molecule has 1 fully saturated rings. The molecule has 1 N–H and O–H groups in total. The van der Waals surface area contributed by atoms with Crippen LogP contribution in [0.5, 0.6) is 0 Å². The van der Waals surface area contributed by atoms with Gasteiger partial charge in [-0.05, 0) is 43.1 Å². The summed E-state index contributed by atoms with van der Waals surface area (Å²) in [5.74, 6) is 1.80. The van der Waals surface area contributed by atoms with Crippen molar-refractivity contribution in [1.29, 1.82) is 0 Å². The van der Waals surface area contributed by atoms with Crippen molar-refractivity contribution >= 4 is 15.9 Å². The second kappa shape index (κ2) is 5.84. The Morgan fingerprint density at radius 2 is 2.16 bits per heavy atom. The minimum atomic E-state index is 0.702. The molecule has 0 radical (unpaired) electrons. The maximum absolute atomic E-state index is 4.27. The predicted octanol–water partition coefficient (Wildman–Crippen LogP) is 2.24. The molecular formula is C14H17BrN4. The Kier molecular flexibility index (Phi) is 3.94. The number of rotatable bonds is 4. The summed E-state index contributed by atoms with van der Waals surface area (Å²) in [4.78, 5) is 0. The Hall–Kier alpha value is -1.20. The summed E-state index contributed by atoms with van der Waals surface area (Å²) in [7, 11) is 0. The van der Waals surface area contributed by atoms with Crippen LogP contribution in [0.25, 0.3) is 0 Å². The van der Waals surface area contributed by atoms with Crippen LogP contribution in [0.4, 0.5) is 0 Å². The summed E-state index contributed by atoms with van der Waals surface area (Å²) in [5, 5.41) is 11.7. The molecule has 2 aromatic rings. The van der Waals surface area contributed by atoms with Crippen molar-refractivity contribution in [3.05, 3.63) is 46.5 Å². The summed E-state index contributed by atoms with van der Waals surface area (Å²) >= 11 is 3.46. The van der Waals surface area contributed by atoms with Crippen LogP contribution in [0.1, 0.15) is 17.8 Å². The molecule has 3 rings (SSSR count). The van der Waals surface area contributed by atoms with Gasteiger partial charge in [0.2, 0.25) is 0 Å². The molecule has 0 amide bonds. The number of aromatic nitrogens is 3. The molecule has 1 aromatic heterocycles. The van der Waals surface area contributed by atoms with Crippen molar-refractivity contribution < 1.29 is 0 Å². The van der Waals surface area contributed by atoms with Crippen LogP contribution < -0.4 is 5.32 Å². The van der Waals surface area contributed by atoms with Crippen LogP contribution in [0, 0.1) is 5.92 Å². The van der Waals surface area contributed by atoms with Gasteiger partial charge < -0.3 is 9.88 Å². The first-order chi connectivity index (χ1) is 9.31. The highest BCUT2D eigenvalue weighted by Gasteiger charge is 2.17. The Labute approximate surface area is 121 Å². The summed E-state index contributed by atoms with van der Waals surface area (Å²) in [5.41, 5.74) is 1.27. The molecule has 2 heterocycles.